The number of methoxy groups -OCH3 is 1. The number of hydrogen-bond acceptors (Lipinski definition) is 8. The van der Waals surface area contributed by atoms with Gasteiger partial charge in [0.2, 0.25) is 9.37 Å². The minimum atomic E-state index is -0.775. The molecule has 0 aromatic heterocycles. The predicted molar refractivity (Wildman–Crippen MR) is 105 cm³/mol. The molecule has 1 atom stereocenters. The summed E-state index contributed by atoms with van der Waals surface area (Å²) in [4.78, 5) is 26.7. The molecule has 3 rings (SSSR count). The first-order valence-corrected chi connectivity index (χ1v) is 9.79. The van der Waals surface area contributed by atoms with Gasteiger partial charge in [-0.05, 0) is 49.9 Å². The molecule has 25 heavy (non-hydrogen) atoms. The van der Waals surface area contributed by atoms with E-state index in [-0.39, 0.29) is 10.8 Å². The minimum Gasteiger partial charge on any atom is -0.464 e. The van der Waals surface area contributed by atoms with Gasteiger partial charge in [-0.1, -0.05) is 27.7 Å². The Labute approximate surface area is 162 Å². The molecule has 1 aromatic carbocycles. The number of halogens is 1. The molecular formula is C16H16BrN3O3S2. The lowest BCUT2D eigenvalue weighted by molar-refractivity contribution is -0.132. The van der Waals surface area contributed by atoms with Crippen molar-refractivity contribution in [1.29, 1.82) is 0 Å². The van der Waals surface area contributed by atoms with Gasteiger partial charge in [0.1, 0.15) is 0 Å². The zero-order chi connectivity index (χ0) is 18.4. The minimum absolute atomic E-state index is 0.00546. The van der Waals surface area contributed by atoms with E-state index in [0.29, 0.717) is 4.91 Å². The summed E-state index contributed by atoms with van der Waals surface area (Å²) >= 11 is 6.10. The SMILES string of the molecule is COC(=O)C1=NN(c2ccc(Br)cc2)C2(S1)SC(C(C)=O)=C(C)N2C. The summed E-state index contributed by atoms with van der Waals surface area (Å²) < 4.78 is 5.01. The van der Waals surface area contributed by atoms with Crippen molar-refractivity contribution in [2.24, 2.45) is 5.10 Å². The van der Waals surface area contributed by atoms with Gasteiger partial charge in [-0.3, -0.25) is 4.79 Å². The van der Waals surface area contributed by atoms with Crippen LogP contribution in [0.1, 0.15) is 13.8 Å². The number of benzene rings is 1. The summed E-state index contributed by atoms with van der Waals surface area (Å²) in [5.41, 5.74) is 1.67. The van der Waals surface area contributed by atoms with Crippen LogP contribution in [0.3, 0.4) is 0 Å². The third-order valence-electron chi connectivity index (χ3n) is 3.93. The van der Waals surface area contributed by atoms with Crippen molar-refractivity contribution in [3.05, 3.63) is 39.3 Å². The van der Waals surface area contributed by atoms with Crippen LogP contribution in [0, 0.1) is 0 Å². The molecule has 0 N–H and O–H groups in total. The average molecular weight is 442 g/mol. The molecule has 1 spiro atoms. The second kappa shape index (κ2) is 6.69. The zero-order valence-corrected chi connectivity index (χ0v) is 17.3. The normalized spacial score (nSPS) is 22.7. The van der Waals surface area contributed by atoms with E-state index < -0.39 is 10.3 Å². The van der Waals surface area contributed by atoms with E-state index in [1.54, 1.807) is 11.9 Å². The molecule has 1 unspecified atom stereocenters. The van der Waals surface area contributed by atoms with E-state index in [1.807, 2.05) is 43.1 Å². The first-order chi connectivity index (χ1) is 11.8. The van der Waals surface area contributed by atoms with Gasteiger partial charge < -0.3 is 9.64 Å². The van der Waals surface area contributed by atoms with Crippen LogP contribution in [0.2, 0.25) is 0 Å². The first kappa shape index (κ1) is 18.3. The first-order valence-electron chi connectivity index (χ1n) is 7.36. The smallest absolute Gasteiger partial charge is 0.365 e. The summed E-state index contributed by atoms with van der Waals surface area (Å²) in [6.45, 7) is 3.44. The molecular weight excluding hydrogens is 426 g/mol. The molecule has 0 fully saturated rings. The van der Waals surface area contributed by atoms with Gasteiger partial charge in [-0.15, -0.1) is 0 Å². The van der Waals surface area contributed by atoms with Crippen molar-refractivity contribution in [1.82, 2.24) is 4.90 Å². The second-order valence-electron chi connectivity index (χ2n) is 5.47. The van der Waals surface area contributed by atoms with Gasteiger partial charge in [0.05, 0.1) is 17.7 Å². The molecule has 0 saturated heterocycles. The summed E-state index contributed by atoms with van der Waals surface area (Å²) in [7, 11) is 3.23. The Morgan fingerprint density at radius 1 is 1.24 bits per heavy atom. The van der Waals surface area contributed by atoms with E-state index in [2.05, 4.69) is 21.0 Å². The third kappa shape index (κ3) is 2.98. The molecule has 0 bridgehead atoms. The van der Waals surface area contributed by atoms with Crippen LogP contribution < -0.4 is 5.01 Å². The summed E-state index contributed by atoms with van der Waals surface area (Å²) in [5.74, 6) is -0.499. The Balaban J connectivity index is 2.08. The van der Waals surface area contributed by atoms with Gasteiger partial charge in [0.15, 0.2) is 5.78 Å². The van der Waals surface area contributed by atoms with Crippen molar-refractivity contribution >= 4 is 61.9 Å². The molecule has 0 radical (unpaired) electrons. The van der Waals surface area contributed by atoms with Crippen molar-refractivity contribution in [2.45, 2.75) is 18.2 Å². The monoisotopic (exact) mass is 441 g/mol. The highest BCUT2D eigenvalue weighted by Crippen LogP contribution is 2.58. The summed E-state index contributed by atoms with van der Waals surface area (Å²) in [6, 6.07) is 7.63. The van der Waals surface area contributed by atoms with Gasteiger partial charge in [-0.25, -0.2) is 9.80 Å². The quantitative estimate of drug-likeness (QED) is 0.663. The van der Waals surface area contributed by atoms with E-state index in [9.17, 15) is 9.59 Å². The number of hydrazone groups is 1. The van der Waals surface area contributed by atoms with Crippen molar-refractivity contribution in [3.8, 4) is 0 Å². The van der Waals surface area contributed by atoms with E-state index in [1.165, 1.54) is 30.6 Å². The van der Waals surface area contributed by atoms with Crippen LogP contribution in [0.4, 0.5) is 5.69 Å². The number of esters is 1. The summed E-state index contributed by atoms with van der Waals surface area (Å²) in [5, 5.41) is 6.51. The number of anilines is 1. The molecule has 9 heteroatoms. The van der Waals surface area contributed by atoms with E-state index in [0.717, 1.165) is 15.9 Å². The highest BCUT2D eigenvalue weighted by Gasteiger charge is 2.55. The van der Waals surface area contributed by atoms with Crippen LogP contribution >= 0.6 is 39.5 Å². The van der Waals surface area contributed by atoms with Gasteiger partial charge in [0, 0.05) is 17.2 Å². The van der Waals surface area contributed by atoms with Gasteiger partial charge in [-0.2, -0.15) is 5.10 Å². The zero-order valence-electron chi connectivity index (χ0n) is 14.1. The van der Waals surface area contributed by atoms with Crippen LogP contribution in [0.25, 0.3) is 0 Å². The summed E-state index contributed by atoms with van der Waals surface area (Å²) in [6.07, 6.45) is 0. The van der Waals surface area contributed by atoms with Crippen LogP contribution in [0.5, 0.6) is 0 Å². The molecule has 2 aliphatic heterocycles. The van der Waals surface area contributed by atoms with Crippen molar-refractivity contribution in [2.75, 3.05) is 19.2 Å². The number of nitrogens with zero attached hydrogens (tertiary/aromatic N) is 3. The maximum Gasteiger partial charge on any atom is 0.365 e. The lowest BCUT2D eigenvalue weighted by Gasteiger charge is -2.39. The van der Waals surface area contributed by atoms with E-state index in [4.69, 9.17) is 4.74 Å². The molecule has 132 valence electrons. The molecule has 0 aliphatic carbocycles. The van der Waals surface area contributed by atoms with Crippen LogP contribution in [0.15, 0.2) is 44.4 Å². The topological polar surface area (TPSA) is 62.2 Å². The number of carbonyl (C=O) groups is 2. The molecule has 0 saturated carbocycles. The van der Waals surface area contributed by atoms with Gasteiger partial charge >= 0.3 is 5.97 Å². The van der Waals surface area contributed by atoms with Crippen LogP contribution in [-0.4, -0.2) is 40.2 Å². The molecule has 0 amide bonds. The lowest BCUT2D eigenvalue weighted by Crippen LogP contribution is -2.47. The highest BCUT2D eigenvalue weighted by molar-refractivity contribution is 9.10. The number of ketones is 1. The predicted octanol–water partition coefficient (Wildman–Crippen LogP) is 3.60. The Bertz CT molecular complexity index is 809. The molecule has 1 aromatic rings. The second-order valence-corrected chi connectivity index (χ2v) is 8.98. The lowest BCUT2D eigenvalue weighted by atomic mass is 10.3. The number of ether oxygens (including phenoxy) is 1. The average Bonchev–Trinajstić information content (AvgIpc) is 3.09. The number of carbonyl (C=O) groups excluding carboxylic acids is 2. The van der Waals surface area contributed by atoms with Crippen molar-refractivity contribution < 1.29 is 14.3 Å². The van der Waals surface area contributed by atoms with Crippen LogP contribution in [-0.2, 0) is 14.3 Å². The number of allylic oxidation sites excluding steroid dienone is 2. The standard InChI is InChI=1S/C16H16BrN3O3S2/c1-9-13(10(2)21)24-16(19(9)3)20(12-7-5-11(17)6-8-12)18-14(25-16)15(22)23-4/h5-8H,1-4H3. The Morgan fingerprint density at radius 3 is 2.40 bits per heavy atom. The number of hydrogen-bond donors (Lipinski definition) is 0. The number of thioether (sulfide) groups is 2. The Hall–Kier alpha value is -1.45. The highest BCUT2D eigenvalue weighted by atomic mass is 79.9. The fourth-order valence-electron chi connectivity index (χ4n) is 2.56. The largest absolute Gasteiger partial charge is 0.464 e. The van der Waals surface area contributed by atoms with Gasteiger partial charge in [0.25, 0.3) is 0 Å². The molecule has 2 heterocycles. The Morgan fingerprint density at radius 2 is 1.88 bits per heavy atom. The number of Topliss-reactive ketones (excluding diaryl/α,β-unsaturated/α-hetero) is 1. The third-order valence-corrected chi connectivity index (χ3v) is 7.61. The number of rotatable bonds is 3. The fourth-order valence-corrected chi connectivity index (χ4v) is 5.72. The molecule has 6 nitrogen and oxygen atoms in total. The maximum atomic E-state index is 12.1. The van der Waals surface area contributed by atoms with E-state index >= 15 is 0 Å². The van der Waals surface area contributed by atoms with Crippen molar-refractivity contribution in [3.63, 3.8) is 0 Å². The fraction of sp³-hybridized carbons (Fsp3) is 0.312. The Kier molecular flexibility index (Phi) is 4.91. The maximum absolute atomic E-state index is 12.1. The molecule has 2 aliphatic rings.